The van der Waals surface area contributed by atoms with Crippen LogP contribution < -0.4 is 32.4 Å². The quantitative estimate of drug-likeness (QED) is 0.0965. The van der Waals surface area contributed by atoms with Crippen LogP contribution in [0.1, 0.15) is 18.3 Å². The van der Waals surface area contributed by atoms with Gasteiger partial charge < -0.3 is 64.1 Å². The summed E-state index contributed by atoms with van der Waals surface area (Å²) < 4.78 is 59.6. The van der Waals surface area contributed by atoms with Crippen molar-refractivity contribution in [1.29, 1.82) is 0 Å². The van der Waals surface area contributed by atoms with E-state index in [0.29, 0.717) is 0 Å². The van der Waals surface area contributed by atoms with Crippen LogP contribution in [0.5, 0.6) is 0 Å². The van der Waals surface area contributed by atoms with Gasteiger partial charge in [0.05, 0.1) is 19.5 Å². The van der Waals surface area contributed by atoms with E-state index >= 15 is 0 Å². The zero-order chi connectivity index (χ0) is 35.9. The van der Waals surface area contributed by atoms with Crippen LogP contribution in [0.4, 0.5) is 11.9 Å². The zero-order valence-electron chi connectivity index (χ0n) is 24.7. The van der Waals surface area contributed by atoms with E-state index in [2.05, 4.69) is 29.9 Å². The minimum Gasteiger partial charge on any atom is -0.756 e. The number of nitrogens with zero attached hydrogens (tertiary/aromatic N) is 6. The lowest BCUT2D eigenvalue weighted by atomic mass is 10.1. The van der Waals surface area contributed by atoms with Crippen molar-refractivity contribution in [2.24, 2.45) is 0 Å². The molecule has 0 radical (unpaired) electrons. The van der Waals surface area contributed by atoms with Crippen molar-refractivity contribution in [3.05, 3.63) is 32.9 Å². The van der Waals surface area contributed by atoms with Gasteiger partial charge in [0.2, 0.25) is 11.9 Å². The van der Waals surface area contributed by atoms with Crippen LogP contribution >= 0.6 is 15.6 Å². The molecule has 3 fully saturated rings. The van der Waals surface area contributed by atoms with Crippen molar-refractivity contribution in [2.45, 2.75) is 55.5 Å². The van der Waals surface area contributed by atoms with Gasteiger partial charge in [-0.25, -0.2) is 9.97 Å². The third-order valence-electron chi connectivity index (χ3n) is 7.84. The number of carboxylic acid groups (broad SMARTS) is 1. The number of nitrogens with two attached hydrogens (primary N) is 2. The molecule has 0 spiro atoms. The van der Waals surface area contributed by atoms with Gasteiger partial charge in [-0.05, 0) is 0 Å². The highest BCUT2D eigenvalue weighted by Gasteiger charge is 2.52. The maximum Gasteiger partial charge on any atom is 0.311 e. The molecule has 3 saturated heterocycles. The van der Waals surface area contributed by atoms with Crippen LogP contribution in [0.25, 0.3) is 22.3 Å². The minimum atomic E-state index is -5.49. The zero-order valence-corrected chi connectivity index (χ0v) is 26.5. The number of hydrogen-bond acceptors (Lipinski definition) is 21. The number of aliphatic hydroxyl groups is 2. The van der Waals surface area contributed by atoms with Crippen molar-refractivity contribution in [1.82, 2.24) is 39.0 Å². The summed E-state index contributed by atoms with van der Waals surface area (Å²) in [6.07, 6.45) is -14.5. The van der Waals surface area contributed by atoms with Crippen molar-refractivity contribution in [3.63, 3.8) is 0 Å². The average molecular weight is 746 g/mol. The lowest BCUT2D eigenvalue weighted by molar-refractivity contribution is -0.244. The smallest absolute Gasteiger partial charge is 0.311 e. The number of imidazole rings is 2. The van der Waals surface area contributed by atoms with E-state index in [0.717, 1.165) is 15.5 Å². The van der Waals surface area contributed by atoms with Crippen molar-refractivity contribution in [2.75, 3.05) is 24.7 Å². The van der Waals surface area contributed by atoms with Crippen molar-refractivity contribution < 1.29 is 66.6 Å². The number of fused-ring (bicyclic) bond motifs is 4. The van der Waals surface area contributed by atoms with Gasteiger partial charge in [0.25, 0.3) is 26.8 Å². The Labute approximate surface area is 274 Å². The summed E-state index contributed by atoms with van der Waals surface area (Å²) in [5, 5.41) is 31.8. The third-order valence-corrected chi connectivity index (χ3v) is 9.78. The van der Waals surface area contributed by atoms with Crippen LogP contribution in [0.2, 0.25) is 0 Å². The number of nitrogen functional groups attached to an aromatic ring is 2. The first kappa shape index (κ1) is 34.3. The number of carbonyl (C=O) groups is 1. The van der Waals surface area contributed by atoms with Crippen LogP contribution in [-0.2, 0) is 47.9 Å². The monoisotopic (exact) mass is 746 g/mol. The summed E-state index contributed by atoms with van der Waals surface area (Å²) >= 11 is 0. The number of aromatic amines is 2. The number of aliphatic hydroxyl groups excluding tert-OH is 2. The predicted octanol–water partition coefficient (Wildman–Crippen LogP) is -4.69. The Bertz CT molecular complexity index is 2220. The number of aromatic nitrogens is 8. The largest absolute Gasteiger partial charge is 0.756 e. The second-order valence-corrected chi connectivity index (χ2v) is 13.8. The SMILES string of the molecule is Nc1nc2c(ncn2[C@@H]2O[C@H]3COP(=O)([O-])OC4[C@H](COP(=O)([O-])OC3[C@@H]2O)O[C@@H](n2c(CC(=O)O)nc3c(=O)[nH]c(N)nc32)[C@H]4O)c(=O)[nH]1. The average Bonchev–Trinajstić information content (AvgIpc) is 3.74. The first-order chi connectivity index (χ1) is 23.5. The molecule has 50 heavy (non-hydrogen) atoms. The van der Waals surface area contributed by atoms with Crippen LogP contribution in [0, 0.1) is 0 Å². The van der Waals surface area contributed by atoms with Gasteiger partial charge in [0.1, 0.15) is 48.9 Å². The van der Waals surface area contributed by atoms with Gasteiger partial charge in [-0.3, -0.25) is 42.6 Å². The second kappa shape index (κ2) is 12.3. The highest BCUT2D eigenvalue weighted by atomic mass is 31.2. The van der Waals surface area contributed by atoms with E-state index < -0.39 is 113 Å². The molecule has 0 saturated carbocycles. The molecule has 7 heterocycles. The lowest BCUT2D eigenvalue weighted by Gasteiger charge is -2.34. The Balaban J connectivity index is 1.20. The first-order valence-electron chi connectivity index (χ1n) is 14.2. The molecular formula is C22H24N10O16P2-2. The summed E-state index contributed by atoms with van der Waals surface area (Å²) in [5.74, 6) is -2.58. The van der Waals surface area contributed by atoms with Crippen LogP contribution in [-0.4, -0.2) is 110 Å². The maximum atomic E-state index is 13.1. The molecule has 0 aliphatic carbocycles. The van der Waals surface area contributed by atoms with Crippen LogP contribution in [0.15, 0.2) is 15.9 Å². The second-order valence-electron chi connectivity index (χ2n) is 11.1. The third kappa shape index (κ3) is 6.10. The van der Waals surface area contributed by atoms with E-state index in [1.807, 2.05) is 0 Å². The van der Waals surface area contributed by atoms with Gasteiger partial charge in [-0.2, -0.15) is 9.97 Å². The Morgan fingerprint density at radius 1 is 0.880 bits per heavy atom. The normalized spacial score (nSPS) is 35.0. The number of H-pyrrole nitrogens is 2. The van der Waals surface area contributed by atoms with E-state index in [-0.39, 0.29) is 28.6 Å². The molecule has 7 rings (SSSR count). The molecule has 26 nitrogen and oxygen atoms in total. The van der Waals surface area contributed by atoms with E-state index in [1.165, 1.54) is 0 Å². The highest BCUT2D eigenvalue weighted by molar-refractivity contribution is 7.46. The fourth-order valence-electron chi connectivity index (χ4n) is 5.80. The van der Waals surface area contributed by atoms with E-state index in [1.54, 1.807) is 0 Å². The number of hydrogen-bond donors (Lipinski definition) is 7. The summed E-state index contributed by atoms with van der Waals surface area (Å²) in [6, 6.07) is 0. The molecule has 4 aromatic heterocycles. The summed E-state index contributed by atoms with van der Waals surface area (Å²) in [5.41, 5.74) is 8.45. The molecule has 28 heteroatoms. The summed E-state index contributed by atoms with van der Waals surface area (Å²) in [4.78, 5) is 82.6. The van der Waals surface area contributed by atoms with Gasteiger partial charge in [-0.15, -0.1) is 0 Å². The number of phosphoric acid groups is 2. The molecule has 9 N–H and O–H groups in total. The standard InChI is InChI=1S/C22H26N10O16P2/c23-21-27-15-9(17(37)29-21)25-4-31(15)19-11(35)13-5(45-19)2-43-50(41,42)48-14-6(3-44-49(39,40)47-13)46-20(12(14)36)32-7(1-8(33)34)26-10-16(32)28-22(24)30-18(10)38/h4-6,11-14,19-20,35-36H,1-3H2,(H,33,34)(H,39,40)(H,41,42)(H3,23,27,29,37)(H3,24,28,30,38)/p-2/t5-,6-,11-,12-,13?,14?,19+,20+/m0/s1. The van der Waals surface area contributed by atoms with Crippen LogP contribution in [0.3, 0.4) is 0 Å². The van der Waals surface area contributed by atoms with Crippen molar-refractivity contribution >= 4 is 55.8 Å². The van der Waals surface area contributed by atoms with Gasteiger partial charge in [0, 0.05) is 0 Å². The molecule has 3 aliphatic rings. The molecular weight excluding hydrogens is 722 g/mol. The minimum absolute atomic E-state index is 0.180. The number of nitrogens with one attached hydrogen (secondary N) is 2. The number of aliphatic carboxylic acids is 1. The molecule has 0 amide bonds. The Morgan fingerprint density at radius 3 is 1.98 bits per heavy atom. The van der Waals surface area contributed by atoms with Gasteiger partial charge in [0.15, 0.2) is 34.8 Å². The number of phosphoric ester groups is 2. The molecule has 0 aromatic carbocycles. The number of carboxylic acids is 1. The number of rotatable bonds is 4. The summed E-state index contributed by atoms with van der Waals surface area (Å²) in [7, 11) is -11.0. The molecule has 4 aromatic rings. The van der Waals surface area contributed by atoms with Gasteiger partial charge >= 0.3 is 5.97 Å². The maximum absolute atomic E-state index is 13.1. The fourth-order valence-corrected chi connectivity index (χ4v) is 7.70. The highest BCUT2D eigenvalue weighted by Crippen LogP contribution is 2.51. The number of anilines is 2. The Hall–Kier alpha value is -4.17. The number of ether oxygens (including phenoxy) is 2. The topological polar surface area (TPSA) is 393 Å². The Morgan fingerprint density at radius 2 is 1.40 bits per heavy atom. The molecule has 270 valence electrons. The molecule has 3 aliphatic heterocycles. The Kier molecular flexibility index (Phi) is 8.40. The van der Waals surface area contributed by atoms with E-state index in [4.69, 9.17) is 39.0 Å². The predicted molar refractivity (Wildman–Crippen MR) is 153 cm³/mol. The van der Waals surface area contributed by atoms with Gasteiger partial charge in [-0.1, -0.05) is 0 Å². The molecule has 4 unspecified atom stereocenters. The van der Waals surface area contributed by atoms with E-state index in [9.17, 15) is 48.6 Å². The summed E-state index contributed by atoms with van der Waals surface area (Å²) in [6.45, 7) is -2.10. The molecule has 10 atom stereocenters. The first-order valence-corrected chi connectivity index (χ1v) is 17.1. The lowest BCUT2D eigenvalue weighted by Crippen LogP contribution is -2.41. The van der Waals surface area contributed by atoms with Crippen molar-refractivity contribution in [3.8, 4) is 0 Å². The fraction of sp³-hybridized carbons (Fsp3) is 0.500. The molecule has 0 bridgehead atoms.